The first-order valence-corrected chi connectivity index (χ1v) is 9.42. The number of para-hydroxylation sites is 1. The van der Waals surface area contributed by atoms with E-state index in [1.54, 1.807) is 0 Å². The average Bonchev–Trinajstić information content (AvgIpc) is 2.95. The number of nitrogens with zero attached hydrogens (tertiary/aromatic N) is 1. The molecule has 3 aromatic carbocycles. The van der Waals surface area contributed by atoms with E-state index in [1.807, 2.05) is 0 Å². The van der Waals surface area contributed by atoms with E-state index < -0.39 is 0 Å². The van der Waals surface area contributed by atoms with E-state index in [2.05, 4.69) is 81.2 Å². The first kappa shape index (κ1) is 14.3. The highest BCUT2D eigenvalue weighted by molar-refractivity contribution is 9.10. The van der Waals surface area contributed by atoms with Gasteiger partial charge in [0, 0.05) is 20.9 Å². The van der Waals surface area contributed by atoms with Crippen molar-refractivity contribution < 1.29 is 0 Å². The Hall–Kier alpha value is -2.06. The SMILES string of the molecule is Brc1ccc2c(c1)c1ccccc1n2-c1cccc2c1CCCC2. The zero-order valence-electron chi connectivity index (χ0n) is 13.4. The molecule has 0 aliphatic heterocycles. The van der Waals surface area contributed by atoms with Gasteiger partial charge in [0.1, 0.15) is 0 Å². The van der Waals surface area contributed by atoms with Gasteiger partial charge in [-0.05, 0) is 67.1 Å². The van der Waals surface area contributed by atoms with Gasteiger partial charge in [-0.3, -0.25) is 0 Å². The van der Waals surface area contributed by atoms with Crippen molar-refractivity contribution in [3.05, 3.63) is 76.3 Å². The molecule has 1 nitrogen and oxygen atoms in total. The molecular formula is C22H18BrN. The third kappa shape index (κ3) is 2.06. The first-order valence-electron chi connectivity index (χ1n) is 8.63. The smallest absolute Gasteiger partial charge is 0.0541 e. The number of hydrogen-bond acceptors (Lipinski definition) is 0. The Labute approximate surface area is 150 Å². The summed E-state index contributed by atoms with van der Waals surface area (Å²) >= 11 is 3.63. The van der Waals surface area contributed by atoms with Crippen molar-refractivity contribution in [2.75, 3.05) is 0 Å². The van der Waals surface area contributed by atoms with Crippen LogP contribution >= 0.6 is 15.9 Å². The molecule has 0 atom stereocenters. The zero-order chi connectivity index (χ0) is 16.1. The van der Waals surface area contributed by atoms with Crippen LogP contribution in [0.15, 0.2) is 65.1 Å². The van der Waals surface area contributed by atoms with Crippen LogP contribution in [0.4, 0.5) is 0 Å². The predicted octanol–water partition coefficient (Wildman–Crippen LogP) is 6.43. The van der Waals surface area contributed by atoms with E-state index in [1.165, 1.54) is 64.3 Å². The molecule has 0 radical (unpaired) electrons. The summed E-state index contributed by atoms with van der Waals surface area (Å²) in [4.78, 5) is 0. The minimum Gasteiger partial charge on any atom is -0.309 e. The Morgan fingerprint density at radius 1 is 0.750 bits per heavy atom. The van der Waals surface area contributed by atoms with Gasteiger partial charge in [0.2, 0.25) is 0 Å². The van der Waals surface area contributed by atoms with Gasteiger partial charge in [0.05, 0.1) is 11.0 Å². The summed E-state index contributed by atoms with van der Waals surface area (Å²) in [5, 5.41) is 2.63. The lowest BCUT2D eigenvalue weighted by Gasteiger charge is -2.21. The Morgan fingerprint density at radius 3 is 2.54 bits per heavy atom. The molecule has 4 aromatic rings. The van der Waals surface area contributed by atoms with Crippen molar-refractivity contribution >= 4 is 37.7 Å². The van der Waals surface area contributed by atoms with Gasteiger partial charge in [0.25, 0.3) is 0 Å². The van der Waals surface area contributed by atoms with E-state index in [0.717, 1.165) is 4.47 Å². The number of benzene rings is 3. The summed E-state index contributed by atoms with van der Waals surface area (Å²) in [6.45, 7) is 0. The molecule has 0 amide bonds. The third-order valence-corrected chi connectivity index (χ3v) is 5.74. The lowest BCUT2D eigenvalue weighted by molar-refractivity contribution is 0.682. The summed E-state index contributed by atoms with van der Waals surface area (Å²) in [5.41, 5.74) is 7.01. The molecule has 1 aliphatic carbocycles. The number of hydrogen-bond donors (Lipinski definition) is 0. The monoisotopic (exact) mass is 375 g/mol. The van der Waals surface area contributed by atoms with E-state index in [0.29, 0.717) is 0 Å². The number of fused-ring (bicyclic) bond motifs is 4. The molecule has 5 rings (SSSR count). The van der Waals surface area contributed by atoms with Crippen LogP contribution in [0.2, 0.25) is 0 Å². The van der Waals surface area contributed by atoms with Gasteiger partial charge in [-0.25, -0.2) is 0 Å². The molecule has 0 spiro atoms. The van der Waals surface area contributed by atoms with Crippen molar-refractivity contribution in [2.24, 2.45) is 0 Å². The average molecular weight is 376 g/mol. The number of halogens is 1. The maximum absolute atomic E-state index is 3.63. The molecule has 1 aromatic heterocycles. The highest BCUT2D eigenvalue weighted by Gasteiger charge is 2.18. The van der Waals surface area contributed by atoms with Crippen LogP contribution in [0.1, 0.15) is 24.0 Å². The molecule has 118 valence electrons. The molecule has 1 aliphatic rings. The highest BCUT2D eigenvalue weighted by Crippen LogP contribution is 2.36. The normalized spacial score (nSPS) is 14.2. The van der Waals surface area contributed by atoms with Crippen molar-refractivity contribution in [3.8, 4) is 5.69 Å². The molecule has 2 heteroatoms. The maximum Gasteiger partial charge on any atom is 0.0541 e. The summed E-state index contributed by atoms with van der Waals surface area (Å²) in [5.74, 6) is 0. The molecular weight excluding hydrogens is 358 g/mol. The Balaban J connectivity index is 1.93. The molecule has 1 heterocycles. The summed E-state index contributed by atoms with van der Waals surface area (Å²) < 4.78 is 3.59. The fourth-order valence-electron chi connectivity index (χ4n) is 4.18. The number of rotatable bonds is 1. The van der Waals surface area contributed by atoms with Crippen LogP contribution < -0.4 is 0 Å². The van der Waals surface area contributed by atoms with Gasteiger partial charge in [-0.2, -0.15) is 0 Å². The second-order valence-corrected chi connectivity index (χ2v) is 7.55. The standard InChI is InChI=1S/C22H18BrN/c23-16-12-13-22-19(14-16)18-9-3-4-10-21(18)24(22)20-11-5-7-15-6-1-2-8-17(15)20/h3-5,7,9-14H,1-2,6,8H2. The topological polar surface area (TPSA) is 4.93 Å². The van der Waals surface area contributed by atoms with Gasteiger partial charge < -0.3 is 4.57 Å². The second-order valence-electron chi connectivity index (χ2n) is 6.64. The van der Waals surface area contributed by atoms with Crippen molar-refractivity contribution in [1.29, 1.82) is 0 Å². The number of aryl methyl sites for hydroxylation is 1. The van der Waals surface area contributed by atoms with Crippen LogP contribution in [0.5, 0.6) is 0 Å². The van der Waals surface area contributed by atoms with Gasteiger partial charge in [-0.15, -0.1) is 0 Å². The Bertz CT molecular complexity index is 1070. The van der Waals surface area contributed by atoms with E-state index in [-0.39, 0.29) is 0 Å². The van der Waals surface area contributed by atoms with Gasteiger partial charge >= 0.3 is 0 Å². The molecule has 0 N–H and O–H groups in total. The van der Waals surface area contributed by atoms with Crippen LogP contribution in [0.25, 0.3) is 27.5 Å². The second kappa shape index (κ2) is 5.49. The summed E-state index contributed by atoms with van der Waals surface area (Å²) in [6.07, 6.45) is 5.02. The zero-order valence-corrected chi connectivity index (χ0v) is 15.0. The van der Waals surface area contributed by atoms with E-state index >= 15 is 0 Å². The molecule has 0 bridgehead atoms. The van der Waals surface area contributed by atoms with Gasteiger partial charge in [-0.1, -0.05) is 46.3 Å². The van der Waals surface area contributed by atoms with Crippen LogP contribution in [-0.2, 0) is 12.8 Å². The third-order valence-electron chi connectivity index (χ3n) is 5.25. The predicted molar refractivity (Wildman–Crippen MR) is 105 cm³/mol. The van der Waals surface area contributed by atoms with Crippen molar-refractivity contribution in [2.45, 2.75) is 25.7 Å². The summed E-state index contributed by atoms with van der Waals surface area (Å²) in [6, 6.07) is 22.2. The van der Waals surface area contributed by atoms with Crippen molar-refractivity contribution in [3.63, 3.8) is 0 Å². The summed E-state index contributed by atoms with van der Waals surface area (Å²) in [7, 11) is 0. The van der Waals surface area contributed by atoms with E-state index in [9.17, 15) is 0 Å². The molecule has 0 saturated heterocycles. The fourth-order valence-corrected chi connectivity index (χ4v) is 4.54. The first-order chi connectivity index (χ1) is 11.8. The highest BCUT2D eigenvalue weighted by atomic mass is 79.9. The molecule has 0 saturated carbocycles. The lowest BCUT2D eigenvalue weighted by Crippen LogP contribution is -2.08. The quantitative estimate of drug-likeness (QED) is 0.361. The fraction of sp³-hybridized carbons (Fsp3) is 0.182. The minimum atomic E-state index is 1.13. The largest absolute Gasteiger partial charge is 0.309 e. The Kier molecular flexibility index (Phi) is 3.27. The molecule has 0 fully saturated rings. The van der Waals surface area contributed by atoms with Crippen LogP contribution in [0, 0.1) is 0 Å². The van der Waals surface area contributed by atoms with E-state index in [4.69, 9.17) is 0 Å². The maximum atomic E-state index is 3.63. The Morgan fingerprint density at radius 2 is 1.58 bits per heavy atom. The molecule has 24 heavy (non-hydrogen) atoms. The molecule has 0 unspecified atom stereocenters. The van der Waals surface area contributed by atoms with Crippen LogP contribution in [-0.4, -0.2) is 4.57 Å². The lowest BCUT2D eigenvalue weighted by atomic mass is 9.90. The van der Waals surface area contributed by atoms with Crippen molar-refractivity contribution in [1.82, 2.24) is 4.57 Å². The van der Waals surface area contributed by atoms with Gasteiger partial charge in [0.15, 0.2) is 0 Å². The van der Waals surface area contributed by atoms with Crippen LogP contribution in [0.3, 0.4) is 0 Å². The minimum absolute atomic E-state index is 1.13. The number of aromatic nitrogens is 1.